The zero-order chi connectivity index (χ0) is 25.8. The first kappa shape index (κ1) is 26.5. The van der Waals surface area contributed by atoms with E-state index >= 15 is 0 Å². The van der Waals surface area contributed by atoms with Gasteiger partial charge in [0.2, 0.25) is 0 Å². The van der Waals surface area contributed by atoms with Crippen LogP contribution < -0.4 is 5.32 Å². The number of likely N-dealkylation sites (tertiary alicyclic amines) is 1. The molecule has 194 valence electrons. The zero-order valence-corrected chi connectivity index (χ0v) is 20.8. The van der Waals surface area contributed by atoms with Crippen molar-refractivity contribution in [1.29, 1.82) is 0 Å². The van der Waals surface area contributed by atoms with Crippen LogP contribution in [0.5, 0.6) is 0 Å². The van der Waals surface area contributed by atoms with Crippen LogP contribution >= 0.6 is 11.8 Å². The number of piperidine rings is 1. The lowest BCUT2D eigenvalue weighted by molar-refractivity contribution is -0.388. The Balaban J connectivity index is 1.54. The van der Waals surface area contributed by atoms with Gasteiger partial charge in [-0.15, -0.1) is 0 Å². The topological polar surface area (TPSA) is 75.5 Å². The number of amides is 1. The second kappa shape index (κ2) is 11.2. The Bertz CT molecular complexity index is 1100. The maximum Gasteiger partial charge on any atom is 0.416 e. The van der Waals surface area contributed by atoms with Gasteiger partial charge in [0, 0.05) is 23.0 Å². The molecule has 2 aromatic carbocycles. The molecular formula is C26H30F3N3O3S. The number of nitrogens with zero attached hydrogens (tertiary/aromatic N) is 2. The van der Waals surface area contributed by atoms with Crippen LogP contribution in [0.25, 0.3) is 0 Å². The molecule has 0 atom stereocenters. The quantitative estimate of drug-likeness (QED) is 0.325. The van der Waals surface area contributed by atoms with Crippen LogP contribution in [-0.4, -0.2) is 40.9 Å². The predicted molar refractivity (Wildman–Crippen MR) is 132 cm³/mol. The molecule has 0 aromatic heterocycles. The third-order valence-corrected chi connectivity index (χ3v) is 8.36. The standard InChI is InChI=1S/C26H30F3N3O3S/c27-26(28,29)19-11-12-23(21(17-19)32(34)35)36-22-10-4-3-9-20(22)24(33)30-18-25(13-5-1-6-14-25)31-15-7-2-8-16-31/h3-4,9-12,17H,1-2,5-8,13-16,18H2,(H,30,33). The van der Waals surface area contributed by atoms with Gasteiger partial charge in [-0.2, -0.15) is 13.2 Å². The highest BCUT2D eigenvalue weighted by atomic mass is 32.2. The molecule has 0 unspecified atom stereocenters. The summed E-state index contributed by atoms with van der Waals surface area (Å²) in [6.07, 6.45) is 4.45. The number of rotatable bonds is 7. The monoisotopic (exact) mass is 521 g/mol. The van der Waals surface area contributed by atoms with Crippen molar-refractivity contribution in [3.8, 4) is 0 Å². The average Bonchev–Trinajstić information content (AvgIpc) is 2.88. The molecule has 2 fully saturated rings. The Labute approximate surface area is 212 Å². The van der Waals surface area contributed by atoms with Crippen LogP contribution in [0.15, 0.2) is 52.3 Å². The minimum Gasteiger partial charge on any atom is -0.350 e. The molecule has 0 bridgehead atoms. The highest BCUT2D eigenvalue weighted by Crippen LogP contribution is 2.40. The smallest absolute Gasteiger partial charge is 0.350 e. The van der Waals surface area contributed by atoms with E-state index < -0.39 is 22.4 Å². The predicted octanol–water partition coefficient (Wildman–Crippen LogP) is 6.68. The Morgan fingerprint density at radius 3 is 2.33 bits per heavy atom. The molecule has 0 spiro atoms. The van der Waals surface area contributed by atoms with Gasteiger partial charge in [-0.3, -0.25) is 19.8 Å². The van der Waals surface area contributed by atoms with E-state index in [1.54, 1.807) is 24.3 Å². The van der Waals surface area contributed by atoms with Gasteiger partial charge < -0.3 is 5.32 Å². The van der Waals surface area contributed by atoms with Gasteiger partial charge in [0.1, 0.15) is 0 Å². The number of nitrogens with one attached hydrogen (secondary N) is 1. The molecule has 4 rings (SSSR count). The van der Waals surface area contributed by atoms with Gasteiger partial charge >= 0.3 is 6.18 Å². The van der Waals surface area contributed by atoms with Crippen LogP contribution in [0.2, 0.25) is 0 Å². The van der Waals surface area contributed by atoms with Crippen molar-refractivity contribution in [3.63, 3.8) is 0 Å². The molecule has 2 aromatic rings. The van der Waals surface area contributed by atoms with Crippen LogP contribution in [0.3, 0.4) is 0 Å². The number of alkyl halides is 3. The molecule has 10 heteroatoms. The van der Waals surface area contributed by atoms with E-state index in [2.05, 4.69) is 10.2 Å². The summed E-state index contributed by atoms with van der Waals surface area (Å²) >= 11 is 0.925. The Morgan fingerprint density at radius 2 is 1.67 bits per heavy atom. The highest BCUT2D eigenvalue weighted by Gasteiger charge is 2.39. The number of carbonyl (C=O) groups excluding carboxylic acids is 1. The molecule has 6 nitrogen and oxygen atoms in total. The lowest BCUT2D eigenvalue weighted by atomic mass is 9.79. The lowest BCUT2D eigenvalue weighted by Gasteiger charge is -2.48. The number of halogens is 3. The summed E-state index contributed by atoms with van der Waals surface area (Å²) in [5, 5.41) is 14.6. The largest absolute Gasteiger partial charge is 0.416 e. The second-order valence-corrected chi connectivity index (χ2v) is 10.6. The molecule has 1 N–H and O–H groups in total. The molecule has 0 radical (unpaired) electrons. The first-order chi connectivity index (χ1) is 17.2. The molecular weight excluding hydrogens is 491 g/mol. The number of hydrogen-bond acceptors (Lipinski definition) is 5. The van der Waals surface area contributed by atoms with Gasteiger partial charge in [0.25, 0.3) is 11.6 Å². The van der Waals surface area contributed by atoms with Crippen molar-refractivity contribution in [3.05, 3.63) is 63.7 Å². The van der Waals surface area contributed by atoms with E-state index in [-0.39, 0.29) is 16.3 Å². The average molecular weight is 522 g/mol. The number of benzene rings is 2. The summed E-state index contributed by atoms with van der Waals surface area (Å²) in [4.78, 5) is 27.0. The highest BCUT2D eigenvalue weighted by molar-refractivity contribution is 7.99. The van der Waals surface area contributed by atoms with Gasteiger partial charge in [-0.1, -0.05) is 49.6 Å². The third-order valence-electron chi connectivity index (χ3n) is 7.22. The van der Waals surface area contributed by atoms with Crippen molar-refractivity contribution in [2.45, 2.75) is 72.9 Å². The normalized spacial score (nSPS) is 18.5. The summed E-state index contributed by atoms with van der Waals surface area (Å²) in [7, 11) is 0. The molecule has 36 heavy (non-hydrogen) atoms. The Hall–Kier alpha value is -2.59. The maximum atomic E-state index is 13.3. The van der Waals surface area contributed by atoms with Gasteiger partial charge in [-0.25, -0.2) is 0 Å². The van der Waals surface area contributed by atoms with Crippen molar-refractivity contribution in [2.75, 3.05) is 19.6 Å². The fraction of sp³-hybridized carbons (Fsp3) is 0.500. The van der Waals surface area contributed by atoms with Crippen LogP contribution in [-0.2, 0) is 6.18 Å². The lowest BCUT2D eigenvalue weighted by Crippen LogP contribution is -2.58. The van der Waals surface area contributed by atoms with Crippen molar-refractivity contribution >= 4 is 23.4 Å². The molecule has 1 amide bonds. The van der Waals surface area contributed by atoms with Crippen molar-refractivity contribution in [1.82, 2.24) is 10.2 Å². The Kier molecular flexibility index (Phi) is 8.24. The number of nitro benzene ring substituents is 1. The summed E-state index contributed by atoms with van der Waals surface area (Å²) in [5.41, 5.74) is -1.43. The van der Waals surface area contributed by atoms with Gasteiger partial charge in [-0.05, 0) is 63.0 Å². The molecule has 1 saturated carbocycles. The molecule has 1 aliphatic carbocycles. The first-order valence-electron chi connectivity index (χ1n) is 12.4. The van der Waals surface area contributed by atoms with Crippen LogP contribution in [0, 0.1) is 10.1 Å². The Morgan fingerprint density at radius 1 is 1.00 bits per heavy atom. The molecule has 1 saturated heterocycles. The minimum atomic E-state index is -4.69. The maximum absolute atomic E-state index is 13.3. The van der Waals surface area contributed by atoms with E-state index in [9.17, 15) is 28.1 Å². The number of hydrogen-bond donors (Lipinski definition) is 1. The van der Waals surface area contributed by atoms with E-state index in [0.717, 1.165) is 62.7 Å². The van der Waals surface area contributed by atoms with Crippen LogP contribution in [0.4, 0.5) is 18.9 Å². The SMILES string of the molecule is O=C(NCC1(N2CCCCC2)CCCCC1)c1ccccc1Sc1ccc(C(F)(F)F)cc1[N+](=O)[O-]. The fourth-order valence-corrected chi connectivity index (χ4v) is 6.34. The van der Waals surface area contributed by atoms with E-state index in [0.29, 0.717) is 23.1 Å². The number of carbonyl (C=O) groups is 1. The first-order valence-corrected chi connectivity index (χ1v) is 13.2. The summed E-state index contributed by atoms with van der Waals surface area (Å²) in [5.74, 6) is -0.283. The summed E-state index contributed by atoms with van der Waals surface area (Å²) in [6, 6.07) is 9.16. The van der Waals surface area contributed by atoms with Crippen molar-refractivity contribution < 1.29 is 22.9 Å². The molecule has 1 aliphatic heterocycles. The summed E-state index contributed by atoms with van der Waals surface area (Å²) in [6.45, 7) is 2.62. The van der Waals surface area contributed by atoms with E-state index in [1.165, 1.54) is 25.7 Å². The van der Waals surface area contributed by atoms with E-state index in [1.807, 2.05) is 0 Å². The number of nitro groups is 1. The van der Waals surface area contributed by atoms with Gasteiger partial charge in [0.05, 0.1) is 20.9 Å². The molecule has 2 aliphatic rings. The van der Waals surface area contributed by atoms with Crippen molar-refractivity contribution in [2.24, 2.45) is 0 Å². The second-order valence-electron chi connectivity index (χ2n) is 9.55. The van der Waals surface area contributed by atoms with Crippen LogP contribution in [0.1, 0.15) is 67.3 Å². The third kappa shape index (κ3) is 6.03. The summed E-state index contributed by atoms with van der Waals surface area (Å²) < 4.78 is 39.2. The van der Waals surface area contributed by atoms with Gasteiger partial charge in [0.15, 0.2) is 0 Å². The minimum absolute atomic E-state index is 0.0466. The fourth-order valence-electron chi connectivity index (χ4n) is 5.31. The zero-order valence-electron chi connectivity index (χ0n) is 20.0. The molecule has 1 heterocycles. The van der Waals surface area contributed by atoms with E-state index in [4.69, 9.17) is 0 Å².